The molecule has 5 aliphatic rings. The van der Waals surface area contributed by atoms with Crippen molar-refractivity contribution in [3.63, 3.8) is 0 Å². The second kappa shape index (κ2) is 13.6. The molecule has 2 unspecified atom stereocenters. The maximum atomic E-state index is 14.3. The van der Waals surface area contributed by atoms with Crippen molar-refractivity contribution in [1.29, 1.82) is 0 Å². The summed E-state index contributed by atoms with van der Waals surface area (Å²) in [5.41, 5.74) is 9.13. The number of hydroxylamine groups is 2. The third kappa shape index (κ3) is 5.81. The van der Waals surface area contributed by atoms with Gasteiger partial charge in [0.2, 0.25) is 5.78 Å². The first-order valence-electron chi connectivity index (χ1n) is 16.8. The van der Waals surface area contributed by atoms with Crippen LogP contribution >= 0.6 is 0 Å². The number of amidine groups is 1. The number of ketones is 2. The van der Waals surface area contributed by atoms with Crippen molar-refractivity contribution in [2.75, 3.05) is 65.9 Å². The van der Waals surface area contributed by atoms with Gasteiger partial charge in [0, 0.05) is 44.4 Å². The number of aliphatic hydroxyl groups is 3. The number of anilines is 1. The van der Waals surface area contributed by atoms with E-state index in [1.54, 1.807) is 54.6 Å². The largest absolute Gasteiger partial charge is 0.508 e. The highest BCUT2D eigenvalue weighted by Crippen LogP contribution is 2.55. The van der Waals surface area contributed by atoms with E-state index in [-0.39, 0.29) is 42.0 Å². The molecule has 0 spiro atoms. The van der Waals surface area contributed by atoms with E-state index in [0.717, 1.165) is 25.7 Å². The first-order chi connectivity index (χ1) is 23.7. The van der Waals surface area contributed by atoms with E-state index in [9.17, 15) is 34.8 Å². The normalized spacial score (nSPS) is 28.2. The molecule has 2 saturated heterocycles. The molecule has 50 heavy (non-hydrogen) atoms. The number of aromatic hydroxyl groups is 1. The minimum absolute atomic E-state index is 0.0147. The number of benzene rings is 1. The van der Waals surface area contributed by atoms with Crippen molar-refractivity contribution in [1.82, 2.24) is 20.4 Å². The number of hydrazine groups is 2. The zero-order valence-electron chi connectivity index (χ0n) is 28.8. The lowest BCUT2D eigenvalue weighted by Crippen LogP contribution is -2.65. The van der Waals surface area contributed by atoms with Crippen molar-refractivity contribution in [2.24, 2.45) is 28.3 Å². The molecule has 272 valence electrons. The Labute approximate surface area is 289 Å². The van der Waals surface area contributed by atoms with Crippen LogP contribution in [0.15, 0.2) is 28.0 Å². The fraction of sp³-hybridized carbons (Fsp3) is 0.576. The number of nitrogens with zero attached hydrogens (tertiary/aromatic N) is 6. The van der Waals surface area contributed by atoms with Gasteiger partial charge in [-0.2, -0.15) is 0 Å². The molecule has 0 aromatic heterocycles. The average Bonchev–Trinajstić information content (AvgIpc) is 3.06. The minimum Gasteiger partial charge on any atom is -0.508 e. The van der Waals surface area contributed by atoms with E-state index < -0.39 is 63.8 Å². The number of amides is 1. The molecular formula is C33H46N8O9. The van der Waals surface area contributed by atoms with Gasteiger partial charge in [0.15, 0.2) is 17.1 Å². The molecule has 3 fully saturated rings. The number of hydrogen-bond acceptors (Lipinski definition) is 15. The second-order valence-corrected chi connectivity index (χ2v) is 13.8. The Morgan fingerprint density at radius 2 is 1.64 bits per heavy atom. The van der Waals surface area contributed by atoms with E-state index in [1.165, 1.54) is 4.90 Å². The van der Waals surface area contributed by atoms with Crippen LogP contribution in [0.3, 0.4) is 0 Å². The highest BCUT2D eigenvalue weighted by molar-refractivity contribution is 6.24. The Balaban J connectivity index is 1.43. The Morgan fingerprint density at radius 1 is 1.02 bits per heavy atom. The molecular weight excluding hydrogens is 652 g/mol. The maximum Gasteiger partial charge on any atom is 0.255 e. The Bertz CT molecular complexity index is 1660. The van der Waals surface area contributed by atoms with Crippen LogP contribution in [0, 0.1) is 11.8 Å². The Kier molecular flexibility index (Phi) is 9.68. The molecule has 0 radical (unpaired) electrons. The van der Waals surface area contributed by atoms with Crippen LogP contribution < -0.4 is 16.4 Å². The van der Waals surface area contributed by atoms with Crippen LogP contribution in [0.2, 0.25) is 0 Å². The van der Waals surface area contributed by atoms with E-state index in [4.69, 9.17) is 21.1 Å². The topological polar surface area (TPSA) is 231 Å². The number of primary amides is 1. The van der Waals surface area contributed by atoms with Gasteiger partial charge in [-0.3, -0.25) is 29.0 Å². The third-order valence-electron chi connectivity index (χ3n) is 10.2. The highest BCUT2D eigenvalue weighted by Gasteiger charge is 2.64. The molecule has 1 aromatic carbocycles. The molecule has 17 heteroatoms. The van der Waals surface area contributed by atoms with Gasteiger partial charge in [-0.15, -0.1) is 15.5 Å². The lowest BCUT2D eigenvalue weighted by molar-refractivity contribution is -0.435. The fourth-order valence-electron chi connectivity index (χ4n) is 7.90. The summed E-state index contributed by atoms with van der Waals surface area (Å²) in [6.45, 7) is 2.34. The molecule has 1 aromatic rings. The van der Waals surface area contributed by atoms with E-state index in [2.05, 4.69) is 4.99 Å². The molecule has 3 aliphatic carbocycles. The SMILES string of the molecule is CN(C)c1cc(N=C(N)CN(N2CCCCO2)N2CCCCO2)c(O)c2c1CC1CC3[C@H](N(C)C)C(=O)C(C(N)=O)=C(O)[C@@]3(O)C(=O)C1=C2O. The van der Waals surface area contributed by atoms with Crippen LogP contribution in [0.5, 0.6) is 5.75 Å². The predicted molar refractivity (Wildman–Crippen MR) is 180 cm³/mol. The molecule has 4 atom stereocenters. The third-order valence-corrected chi connectivity index (χ3v) is 10.2. The quantitative estimate of drug-likeness (QED) is 0.121. The van der Waals surface area contributed by atoms with E-state index in [1.807, 2.05) is 0 Å². The van der Waals surface area contributed by atoms with Crippen LogP contribution in [-0.2, 0) is 30.5 Å². The van der Waals surface area contributed by atoms with Gasteiger partial charge in [-0.05, 0) is 70.2 Å². The van der Waals surface area contributed by atoms with Crippen molar-refractivity contribution in [2.45, 2.75) is 50.2 Å². The number of carbonyl (C=O) groups is 3. The van der Waals surface area contributed by atoms with Crippen LogP contribution in [0.25, 0.3) is 5.76 Å². The number of aliphatic hydroxyl groups excluding tert-OH is 2. The lowest BCUT2D eigenvalue weighted by atomic mass is 9.57. The van der Waals surface area contributed by atoms with Crippen molar-refractivity contribution >= 4 is 40.4 Å². The summed E-state index contributed by atoms with van der Waals surface area (Å²) in [6.07, 6.45) is 3.78. The number of carbonyl (C=O) groups excluding carboxylic acids is 3. The molecule has 6 rings (SSSR count). The van der Waals surface area contributed by atoms with Gasteiger partial charge in [0.05, 0.1) is 31.4 Å². The first kappa shape index (κ1) is 35.7. The number of likely N-dealkylation sites (N-methyl/N-ethyl adjacent to an activating group) is 1. The van der Waals surface area contributed by atoms with Crippen LogP contribution in [0.1, 0.15) is 43.2 Å². The van der Waals surface area contributed by atoms with E-state index in [0.29, 0.717) is 37.6 Å². The summed E-state index contributed by atoms with van der Waals surface area (Å²) in [7, 11) is 6.68. The molecule has 8 N–H and O–H groups in total. The number of fused-ring (bicyclic) bond motifs is 3. The van der Waals surface area contributed by atoms with Gasteiger partial charge in [-0.1, -0.05) is 0 Å². The summed E-state index contributed by atoms with van der Waals surface area (Å²) in [5, 5.41) is 51.7. The van der Waals surface area contributed by atoms with Crippen LogP contribution in [0.4, 0.5) is 11.4 Å². The zero-order chi connectivity index (χ0) is 36.2. The lowest BCUT2D eigenvalue weighted by Gasteiger charge is -2.50. The molecule has 1 amide bonds. The molecule has 2 aliphatic heterocycles. The number of nitrogens with two attached hydrogens (primary N) is 2. The highest BCUT2D eigenvalue weighted by atomic mass is 16.8. The van der Waals surface area contributed by atoms with Gasteiger partial charge in [-0.25, -0.2) is 4.99 Å². The molecule has 0 bridgehead atoms. The summed E-state index contributed by atoms with van der Waals surface area (Å²) in [5.74, 6) is -7.17. The van der Waals surface area contributed by atoms with Crippen molar-refractivity contribution in [3.8, 4) is 5.75 Å². The molecule has 2 heterocycles. The van der Waals surface area contributed by atoms with Gasteiger partial charge < -0.3 is 36.8 Å². The van der Waals surface area contributed by atoms with Gasteiger partial charge in [0.25, 0.3) is 5.91 Å². The Morgan fingerprint density at radius 3 is 2.16 bits per heavy atom. The minimum atomic E-state index is -2.73. The first-order valence-corrected chi connectivity index (χ1v) is 16.8. The van der Waals surface area contributed by atoms with Crippen LogP contribution in [-0.4, -0.2) is 137 Å². The van der Waals surface area contributed by atoms with E-state index >= 15 is 0 Å². The smallest absolute Gasteiger partial charge is 0.255 e. The van der Waals surface area contributed by atoms with Gasteiger partial charge >= 0.3 is 0 Å². The van der Waals surface area contributed by atoms with Crippen molar-refractivity contribution < 1.29 is 44.5 Å². The number of rotatable bonds is 8. The average molecular weight is 699 g/mol. The number of aliphatic imine (C=N–C) groups is 1. The molecule has 17 nitrogen and oxygen atoms in total. The fourth-order valence-corrected chi connectivity index (χ4v) is 7.90. The standard InChI is InChI=1S/C33H46N8O9/c1-37(2)21-15-20(36-22(34)16-39(40-9-5-7-11-49-40)41-10-6-8-12-50-41)27(42)24-18(21)13-17-14-19-26(38(3)4)29(44)25(32(35)47)31(46)33(19,48)30(45)23(17)28(24)43/h15,17,19,26,42-43,46,48H,5-14,16H2,1-4H3,(H2,34,36)(H2,35,47)/t17?,19?,26-,33-/m0/s1. The zero-order valence-corrected chi connectivity index (χ0v) is 28.8. The number of phenolic OH excluding ortho intramolecular Hbond substituents is 1. The molecule has 1 saturated carbocycles. The summed E-state index contributed by atoms with van der Waals surface area (Å²) in [4.78, 5) is 59.5. The predicted octanol–water partition coefficient (Wildman–Crippen LogP) is 0.206. The van der Waals surface area contributed by atoms with Crippen molar-refractivity contribution in [3.05, 3.63) is 34.1 Å². The number of Topliss-reactive ketones (excluding diaryl/α,β-unsaturated/α-hetero) is 2. The summed E-state index contributed by atoms with van der Waals surface area (Å²) in [6, 6.07) is 0.471. The number of hydrogen-bond donors (Lipinski definition) is 6. The Hall–Kier alpha value is -4.10. The monoisotopic (exact) mass is 698 g/mol. The second-order valence-electron chi connectivity index (χ2n) is 13.8. The number of phenols is 1. The van der Waals surface area contributed by atoms with Gasteiger partial charge in [0.1, 0.15) is 28.6 Å². The summed E-state index contributed by atoms with van der Waals surface area (Å²) < 4.78 is 0. The maximum absolute atomic E-state index is 14.3. The summed E-state index contributed by atoms with van der Waals surface area (Å²) >= 11 is 0.